The Morgan fingerprint density at radius 2 is 1.97 bits per heavy atom. The molecule has 0 unspecified atom stereocenters. The van der Waals surface area contributed by atoms with E-state index in [2.05, 4.69) is 16.9 Å². The van der Waals surface area contributed by atoms with Crippen LogP contribution in [0.15, 0.2) is 54.6 Å². The number of aliphatic hydroxyl groups excluding tert-OH is 1. The number of amides is 1. The van der Waals surface area contributed by atoms with Gasteiger partial charge in [0.2, 0.25) is 0 Å². The summed E-state index contributed by atoms with van der Waals surface area (Å²) in [6.45, 7) is 2.10. The minimum absolute atomic E-state index is 0.0312. The summed E-state index contributed by atoms with van der Waals surface area (Å²) in [4.78, 5) is 25.6. The summed E-state index contributed by atoms with van der Waals surface area (Å²) in [5.41, 5.74) is 1.24. The molecule has 0 aliphatic carbocycles. The van der Waals surface area contributed by atoms with E-state index in [0.717, 1.165) is 24.1 Å². The Hall–Kier alpha value is -2.78. The van der Waals surface area contributed by atoms with Crippen LogP contribution in [-0.4, -0.2) is 53.8 Å². The van der Waals surface area contributed by atoms with Crippen molar-refractivity contribution in [3.63, 3.8) is 0 Å². The average molecular weight is 522 g/mol. The van der Waals surface area contributed by atoms with Crippen LogP contribution in [0.2, 0.25) is 0 Å². The predicted octanol–water partition coefficient (Wildman–Crippen LogP) is 5.64. The van der Waals surface area contributed by atoms with Crippen LogP contribution >= 0.6 is 11.3 Å². The summed E-state index contributed by atoms with van der Waals surface area (Å²) in [6, 6.07) is 12.8. The van der Waals surface area contributed by atoms with Crippen molar-refractivity contribution < 1.29 is 33.0 Å². The summed E-state index contributed by atoms with van der Waals surface area (Å²) in [5, 5.41) is 10.9. The lowest BCUT2D eigenvalue weighted by atomic mass is 9.95. The molecule has 1 aliphatic heterocycles. The quantitative estimate of drug-likeness (QED) is 0.289. The number of likely N-dealkylation sites (tertiary alicyclic amines) is 1. The Labute approximate surface area is 214 Å². The molecule has 1 saturated heterocycles. The number of thiophene rings is 1. The highest BCUT2D eigenvalue weighted by molar-refractivity contribution is 7.13. The summed E-state index contributed by atoms with van der Waals surface area (Å²) < 4.78 is 37.8. The van der Waals surface area contributed by atoms with Crippen LogP contribution in [-0.2, 0) is 22.4 Å². The molecule has 196 valence electrons. The first-order chi connectivity index (χ1) is 17.2. The lowest BCUT2D eigenvalue weighted by molar-refractivity contribution is -0.148. The molecule has 3 rings (SSSR count). The van der Waals surface area contributed by atoms with Gasteiger partial charge in [-0.15, -0.1) is 11.3 Å². The summed E-state index contributed by atoms with van der Waals surface area (Å²) >= 11 is 1.26. The van der Waals surface area contributed by atoms with Gasteiger partial charge in [-0.25, -0.2) is 4.79 Å². The number of aryl methyl sites for hydroxylation is 2. The van der Waals surface area contributed by atoms with Crippen molar-refractivity contribution >= 4 is 23.4 Å². The zero-order valence-electron chi connectivity index (χ0n) is 20.6. The van der Waals surface area contributed by atoms with Gasteiger partial charge in [0.05, 0.1) is 19.3 Å². The smallest absolute Gasteiger partial charge is 0.437 e. The van der Waals surface area contributed by atoms with Gasteiger partial charge >= 0.3 is 12.1 Å². The van der Waals surface area contributed by atoms with Crippen molar-refractivity contribution in [2.45, 2.75) is 63.5 Å². The van der Waals surface area contributed by atoms with Gasteiger partial charge in [-0.3, -0.25) is 4.79 Å². The van der Waals surface area contributed by atoms with E-state index in [1.165, 1.54) is 28.9 Å². The number of aliphatic hydroxyl groups is 1. The molecule has 1 fully saturated rings. The van der Waals surface area contributed by atoms with E-state index in [0.29, 0.717) is 17.9 Å². The first-order valence-corrected chi connectivity index (χ1v) is 12.9. The van der Waals surface area contributed by atoms with Gasteiger partial charge in [-0.05, 0) is 55.7 Å². The summed E-state index contributed by atoms with van der Waals surface area (Å²) in [5.74, 6) is -4.62. The van der Waals surface area contributed by atoms with Crippen LogP contribution in [0.4, 0.5) is 13.6 Å². The molecule has 1 aliphatic rings. The highest BCUT2D eigenvalue weighted by atomic mass is 32.1. The number of alkyl halides is 2. The number of carbonyl (C=O) groups excluding carboxylic acids is 2. The molecule has 0 saturated carbocycles. The maximum absolute atomic E-state index is 14.2. The second kappa shape index (κ2) is 13.0. The Morgan fingerprint density at radius 3 is 2.69 bits per heavy atom. The van der Waals surface area contributed by atoms with E-state index in [4.69, 9.17) is 4.74 Å². The molecule has 0 radical (unpaired) electrons. The molecular weight excluding hydrogens is 488 g/mol. The number of nitrogens with zero attached hydrogens (tertiary/aromatic N) is 1. The Balaban J connectivity index is 1.50. The monoisotopic (exact) mass is 521 g/mol. The number of halogens is 2. The minimum Gasteiger partial charge on any atom is -0.437 e. The van der Waals surface area contributed by atoms with Crippen molar-refractivity contribution in [2.24, 2.45) is 5.92 Å². The lowest BCUT2D eigenvalue weighted by Gasteiger charge is -2.22. The highest BCUT2D eigenvalue weighted by Crippen LogP contribution is 2.35. The molecule has 36 heavy (non-hydrogen) atoms. The third kappa shape index (κ3) is 7.86. The number of benzene rings is 1. The second-order valence-corrected chi connectivity index (χ2v) is 10.2. The number of ether oxygens (including phenoxy) is 2. The fourth-order valence-electron chi connectivity index (χ4n) is 4.23. The van der Waals surface area contributed by atoms with Gasteiger partial charge in [-0.2, -0.15) is 8.78 Å². The van der Waals surface area contributed by atoms with Gasteiger partial charge in [0.15, 0.2) is 5.06 Å². The Morgan fingerprint density at radius 1 is 1.22 bits per heavy atom. The van der Waals surface area contributed by atoms with Crippen molar-refractivity contribution in [3.05, 3.63) is 65.1 Å². The third-order valence-electron chi connectivity index (χ3n) is 6.33. The highest BCUT2D eigenvalue weighted by Gasteiger charge is 2.52. The van der Waals surface area contributed by atoms with Gasteiger partial charge in [0, 0.05) is 17.8 Å². The van der Waals surface area contributed by atoms with E-state index < -0.39 is 36.6 Å². The first-order valence-electron chi connectivity index (χ1n) is 12.1. The molecule has 3 atom stereocenters. The van der Waals surface area contributed by atoms with Crippen LogP contribution in [0, 0.1) is 5.92 Å². The van der Waals surface area contributed by atoms with E-state index in [1.54, 1.807) is 24.3 Å². The molecule has 1 aromatic carbocycles. The average Bonchev–Trinajstić information content (AvgIpc) is 3.39. The zero-order valence-corrected chi connectivity index (χ0v) is 21.4. The van der Waals surface area contributed by atoms with Crippen LogP contribution in [0.1, 0.15) is 43.0 Å². The van der Waals surface area contributed by atoms with Crippen LogP contribution in [0.3, 0.4) is 0 Å². The van der Waals surface area contributed by atoms with Crippen LogP contribution in [0.5, 0.6) is 5.06 Å². The number of carbonyl (C=O) groups is 2. The summed E-state index contributed by atoms with van der Waals surface area (Å²) in [7, 11) is 1.22. The molecule has 2 heterocycles. The predicted molar refractivity (Wildman–Crippen MR) is 134 cm³/mol. The molecule has 9 heteroatoms. The van der Waals surface area contributed by atoms with Gasteiger partial charge in [0.1, 0.15) is 0 Å². The largest absolute Gasteiger partial charge is 0.514 e. The molecular formula is C27H33F2NO5S. The number of hydrogen-bond donors (Lipinski definition) is 1. The Kier molecular flexibility index (Phi) is 10.0. The number of rotatable bonds is 12. The fourth-order valence-corrected chi connectivity index (χ4v) is 5.12. The Bertz CT molecular complexity index is 1030. The first kappa shape index (κ1) is 27.8. The molecule has 1 N–H and O–H groups in total. The van der Waals surface area contributed by atoms with E-state index in [9.17, 15) is 23.5 Å². The number of hydrogen-bond acceptors (Lipinski definition) is 6. The molecule has 0 spiro atoms. The molecule has 1 aromatic heterocycles. The molecule has 1 amide bonds. The fraction of sp³-hybridized carbons (Fsp3) is 0.481. The molecule has 6 nitrogen and oxygen atoms in total. The maximum atomic E-state index is 14.2. The second-order valence-electron chi connectivity index (χ2n) is 9.09. The topological polar surface area (TPSA) is 76.1 Å². The van der Waals surface area contributed by atoms with Gasteiger partial charge in [0.25, 0.3) is 5.91 Å². The van der Waals surface area contributed by atoms with Crippen molar-refractivity contribution in [1.82, 2.24) is 4.90 Å². The van der Waals surface area contributed by atoms with Crippen molar-refractivity contribution in [2.75, 3.05) is 13.7 Å². The third-order valence-corrected chi connectivity index (χ3v) is 7.35. The lowest BCUT2D eigenvalue weighted by Crippen LogP contribution is -2.36. The van der Waals surface area contributed by atoms with Crippen molar-refractivity contribution in [3.8, 4) is 5.06 Å². The van der Waals surface area contributed by atoms with Crippen LogP contribution in [0.25, 0.3) is 0 Å². The van der Waals surface area contributed by atoms with E-state index in [1.807, 2.05) is 25.1 Å². The van der Waals surface area contributed by atoms with Gasteiger partial charge in [-0.1, -0.05) is 49.4 Å². The van der Waals surface area contributed by atoms with Crippen LogP contribution < -0.4 is 4.74 Å². The summed E-state index contributed by atoms with van der Waals surface area (Å²) in [6.07, 6.45) is 4.57. The minimum atomic E-state index is -3.41. The van der Waals surface area contributed by atoms with Crippen molar-refractivity contribution in [1.29, 1.82) is 0 Å². The SMILES string of the molecule is COC(=O)Oc1ccc(CCCN2C(=O)C(F)(F)C[C@@H]2/C=C/[C@@H](O)[C@H](C)CCCc2ccccc2)s1. The maximum Gasteiger partial charge on any atom is 0.514 e. The zero-order chi connectivity index (χ0) is 26.1. The van der Waals surface area contributed by atoms with E-state index >= 15 is 0 Å². The number of methoxy groups -OCH3 is 1. The normalized spacial score (nSPS) is 19.0. The van der Waals surface area contributed by atoms with E-state index in [-0.39, 0.29) is 12.5 Å². The molecule has 2 aromatic rings. The molecule has 0 bridgehead atoms. The standard InChI is InChI=1S/C27H33F2NO5S/c1-19(8-6-11-20-9-4-3-5-10-20)23(31)15-13-21-18-27(28,29)25(32)30(21)17-7-12-22-14-16-24(36-22)35-26(33)34-2/h3-5,9-10,13-16,19,21,23,31H,6-8,11-12,17-18H2,1-2H3/b15-13+/t19-,21+,23-/m1/s1. The van der Waals surface area contributed by atoms with Gasteiger partial charge < -0.3 is 19.5 Å².